The summed E-state index contributed by atoms with van der Waals surface area (Å²) in [6, 6.07) is 0.0637. The fraction of sp³-hybridized carbons (Fsp3) is 0.786. The highest BCUT2D eigenvalue weighted by atomic mass is 79.9. The largest absolute Gasteiger partial charge is 0.376 e. The van der Waals surface area contributed by atoms with Crippen molar-refractivity contribution in [3.8, 4) is 0 Å². The molecular formula is C14H26BrN3O. The lowest BCUT2D eigenvalue weighted by molar-refractivity contribution is -0.0302. The van der Waals surface area contributed by atoms with E-state index < -0.39 is 0 Å². The van der Waals surface area contributed by atoms with Crippen LogP contribution in [0.4, 0.5) is 0 Å². The molecule has 0 aliphatic carbocycles. The average Bonchev–Trinajstić information content (AvgIpc) is 2.65. The molecule has 0 aliphatic heterocycles. The maximum absolute atomic E-state index is 6.48. The molecular weight excluding hydrogens is 306 g/mol. The van der Waals surface area contributed by atoms with Crippen molar-refractivity contribution in [2.24, 2.45) is 11.1 Å². The zero-order valence-corrected chi connectivity index (χ0v) is 14.4. The zero-order valence-electron chi connectivity index (χ0n) is 12.8. The topological polar surface area (TPSA) is 53.1 Å². The molecule has 0 radical (unpaired) electrons. The van der Waals surface area contributed by atoms with Crippen LogP contribution < -0.4 is 5.73 Å². The van der Waals surface area contributed by atoms with E-state index in [-0.39, 0.29) is 23.6 Å². The molecule has 0 aliphatic rings. The summed E-state index contributed by atoms with van der Waals surface area (Å²) >= 11 is 3.55. The Labute approximate surface area is 124 Å². The van der Waals surface area contributed by atoms with Crippen LogP contribution in [-0.2, 0) is 4.74 Å². The van der Waals surface area contributed by atoms with Crippen molar-refractivity contribution in [1.82, 2.24) is 9.78 Å². The predicted molar refractivity (Wildman–Crippen MR) is 82.1 cm³/mol. The smallest absolute Gasteiger partial charge is 0.0831 e. The van der Waals surface area contributed by atoms with Crippen molar-refractivity contribution in [3.05, 3.63) is 16.4 Å². The van der Waals surface area contributed by atoms with Crippen molar-refractivity contribution in [2.75, 3.05) is 6.61 Å². The normalized spacial score (nSPS) is 15.8. The van der Waals surface area contributed by atoms with Gasteiger partial charge in [-0.05, 0) is 42.1 Å². The zero-order chi connectivity index (χ0) is 14.8. The summed E-state index contributed by atoms with van der Waals surface area (Å²) in [5.74, 6) is 0. The second kappa shape index (κ2) is 6.37. The predicted octanol–water partition coefficient (Wildman–Crippen LogP) is 3.68. The third-order valence-corrected chi connectivity index (χ3v) is 3.73. The highest BCUT2D eigenvalue weighted by Crippen LogP contribution is 2.35. The van der Waals surface area contributed by atoms with Gasteiger partial charge in [0.2, 0.25) is 0 Å². The minimum atomic E-state index is -0.209. The van der Waals surface area contributed by atoms with Crippen LogP contribution in [0.15, 0.2) is 10.7 Å². The van der Waals surface area contributed by atoms with Crippen molar-refractivity contribution in [3.63, 3.8) is 0 Å². The van der Waals surface area contributed by atoms with Gasteiger partial charge in [0.15, 0.2) is 0 Å². The molecule has 1 heterocycles. The molecule has 0 saturated carbocycles. The Morgan fingerprint density at radius 2 is 2.00 bits per heavy atom. The quantitative estimate of drug-likeness (QED) is 0.895. The van der Waals surface area contributed by atoms with Gasteiger partial charge in [0, 0.05) is 12.6 Å². The summed E-state index contributed by atoms with van der Waals surface area (Å²) in [6.45, 7) is 13.3. The van der Waals surface area contributed by atoms with E-state index in [0.29, 0.717) is 6.61 Å². The number of hydrogen-bond donors (Lipinski definition) is 1. The van der Waals surface area contributed by atoms with Gasteiger partial charge in [0.05, 0.1) is 28.5 Å². The number of halogens is 1. The van der Waals surface area contributed by atoms with Crippen LogP contribution in [0.2, 0.25) is 0 Å². The SMILES string of the molecule is CCOC(C(N)c1c(Br)cnn1C(C)C)C(C)(C)C. The van der Waals surface area contributed by atoms with Crippen LogP contribution in [0.5, 0.6) is 0 Å². The Morgan fingerprint density at radius 1 is 1.42 bits per heavy atom. The number of hydrogen-bond acceptors (Lipinski definition) is 3. The molecule has 5 heteroatoms. The van der Waals surface area contributed by atoms with Crippen molar-refractivity contribution in [2.45, 2.75) is 59.7 Å². The number of aromatic nitrogens is 2. The average molecular weight is 332 g/mol. The molecule has 0 fully saturated rings. The first-order chi connectivity index (χ1) is 8.70. The fourth-order valence-corrected chi connectivity index (χ4v) is 2.83. The summed E-state index contributed by atoms with van der Waals surface area (Å²) in [4.78, 5) is 0. The Morgan fingerprint density at radius 3 is 2.42 bits per heavy atom. The van der Waals surface area contributed by atoms with E-state index in [1.54, 1.807) is 6.20 Å². The van der Waals surface area contributed by atoms with E-state index >= 15 is 0 Å². The Balaban J connectivity index is 3.16. The third kappa shape index (κ3) is 3.80. The summed E-state index contributed by atoms with van der Waals surface area (Å²) in [7, 11) is 0. The van der Waals surface area contributed by atoms with Crippen LogP contribution in [0.3, 0.4) is 0 Å². The van der Waals surface area contributed by atoms with Crippen LogP contribution >= 0.6 is 15.9 Å². The van der Waals surface area contributed by atoms with Gasteiger partial charge in [-0.3, -0.25) is 4.68 Å². The van der Waals surface area contributed by atoms with E-state index in [2.05, 4.69) is 55.6 Å². The summed E-state index contributed by atoms with van der Waals surface area (Å²) in [6.07, 6.45) is 1.75. The molecule has 2 atom stereocenters. The second-order valence-corrected chi connectivity index (χ2v) is 7.04. The summed E-state index contributed by atoms with van der Waals surface area (Å²) < 4.78 is 8.81. The molecule has 4 nitrogen and oxygen atoms in total. The minimum Gasteiger partial charge on any atom is -0.376 e. The first kappa shape index (κ1) is 16.7. The third-order valence-electron chi connectivity index (χ3n) is 3.12. The summed E-state index contributed by atoms with van der Waals surface area (Å²) in [5, 5.41) is 4.40. The lowest BCUT2D eigenvalue weighted by atomic mass is 9.83. The minimum absolute atomic E-state index is 0.0268. The van der Waals surface area contributed by atoms with E-state index in [1.807, 2.05) is 11.6 Å². The maximum atomic E-state index is 6.48. The van der Waals surface area contributed by atoms with Gasteiger partial charge in [0.1, 0.15) is 0 Å². The standard InChI is InChI=1S/C14H26BrN3O/c1-7-19-13(14(4,5)6)11(16)12-10(15)8-17-18(12)9(2)3/h8-9,11,13H,7,16H2,1-6H3. The first-order valence-electron chi connectivity index (χ1n) is 6.80. The molecule has 19 heavy (non-hydrogen) atoms. The number of nitrogens with two attached hydrogens (primary N) is 1. The first-order valence-corrected chi connectivity index (χ1v) is 7.59. The highest BCUT2D eigenvalue weighted by Gasteiger charge is 2.34. The van der Waals surface area contributed by atoms with Crippen molar-refractivity contribution >= 4 is 15.9 Å². The molecule has 2 N–H and O–H groups in total. The van der Waals surface area contributed by atoms with Gasteiger partial charge < -0.3 is 10.5 Å². The molecule has 2 unspecified atom stereocenters. The van der Waals surface area contributed by atoms with E-state index in [0.717, 1.165) is 10.2 Å². The van der Waals surface area contributed by atoms with Gasteiger partial charge in [-0.25, -0.2) is 0 Å². The van der Waals surface area contributed by atoms with E-state index in [1.165, 1.54) is 0 Å². The van der Waals surface area contributed by atoms with Crippen LogP contribution in [-0.4, -0.2) is 22.5 Å². The molecule has 1 aromatic heterocycles. The molecule has 0 aromatic carbocycles. The number of ether oxygens (including phenoxy) is 1. The number of nitrogens with zero attached hydrogens (tertiary/aromatic N) is 2. The molecule has 0 bridgehead atoms. The van der Waals surface area contributed by atoms with Gasteiger partial charge in [-0.15, -0.1) is 0 Å². The Bertz CT molecular complexity index is 409. The van der Waals surface area contributed by atoms with Gasteiger partial charge in [0.25, 0.3) is 0 Å². The number of rotatable bonds is 5. The lowest BCUT2D eigenvalue weighted by Gasteiger charge is -2.35. The molecule has 1 rings (SSSR count). The second-order valence-electron chi connectivity index (χ2n) is 6.18. The fourth-order valence-electron chi connectivity index (χ4n) is 2.29. The van der Waals surface area contributed by atoms with Gasteiger partial charge in [-0.2, -0.15) is 5.10 Å². The van der Waals surface area contributed by atoms with Crippen molar-refractivity contribution < 1.29 is 4.74 Å². The van der Waals surface area contributed by atoms with Crippen LogP contribution in [0, 0.1) is 5.41 Å². The molecule has 0 amide bonds. The molecule has 0 spiro atoms. The summed E-state index contributed by atoms with van der Waals surface area (Å²) in [5.41, 5.74) is 7.46. The maximum Gasteiger partial charge on any atom is 0.0831 e. The van der Waals surface area contributed by atoms with Crippen LogP contribution in [0.1, 0.15) is 59.3 Å². The van der Waals surface area contributed by atoms with Gasteiger partial charge in [-0.1, -0.05) is 20.8 Å². The Kier molecular flexibility index (Phi) is 5.59. The van der Waals surface area contributed by atoms with Crippen LogP contribution in [0.25, 0.3) is 0 Å². The highest BCUT2D eigenvalue weighted by molar-refractivity contribution is 9.10. The molecule has 1 aromatic rings. The van der Waals surface area contributed by atoms with E-state index in [4.69, 9.17) is 10.5 Å². The van der Waals surface area contributed by atoms with Gasteiger partial charge >= 0.3 is 0 Å². The monoisotopic (exact) mass is 331 g/mol. The van der Waals surface area contributed by atoms with Crippen molar-refractivity contribution in [1.29, 1.82) is 0 Å². The lowest BCUT2D eigenvalue weighted by Crippen LogP contribution is -2.40. The van der Waals surface area contributed by atoms with E-state index in [9.17, 15) is 0 Å². The molecule has 0 saturated heterocycles. The Hall–Kier alpha value is -0.390. The molecule has 110 valence electrons.